The van der Waals surface area contributed by atoms with Crippen molar-refractivity contribution in [1.29, 1.82) is 0 Å². The summed E-state index contributed by atoms with van der Waals surface area (Å²) >= 11 is 5.81. The topological polar surface area (TPSA) is 49.3 Å². The molecule has 0 bridgehead atoms. The summed E-state index contributed by atoms with van der Waals surface area (Å²) in [7, 11) is 0. The first-order valence-corrected chi connectivity index (χ1v) is 4.84. The highest BCUT2D eigenvalue weighted by Gasteiger charge is 2.23. The molecule has 0 atom stereocenters. The number of nitrogens with one attached hydrogen (secondary N) is 1. The zero-order valence-electron chi connectivity index (χ0n) is 7.46. The van der Waals surface area contributed by atoms with Crippen LogP contribution in [0.4, 0.5) is 5.69 Å². The van der Waals surface area contributed by atoms with Crippen LogP contribution in [0.3, 0.4) is 0 Å². The fourth-order valence-electron chi connectivity index (χ4n) is 1.31. The van der Waals surface area contributed by atoms with Gasteiger partial charge in [0.2, 0.25) is 0 Å². The van der Waals surface area contributed by atoms with Crippen molar-refractivity contribution in [3.05, 3.63) is 28.8 Å². The van der Waals surface area contributed by atoms with E-state index in [1.165, 1.54) is 0 Å². The van der Waals surface area contributed by atoms with E-state index >= 15 is 0 Å². The molecular weight excluding hydrogens is 202 g/mol. The number of aromatic carboxylic acids is 1. The lowest BCUT2D eigenvalue weighted by molar-refractivity contribution is 0.0698. The van der Waals surface area contributed by atoms with Gasteiger partial charge in [0.1, 0.15) is 5.56 Å². The molecule has 14 heavy (non-hydrogen) atoms. The molecule has 2 N–H and O–H groups in total. The van der Waals surface area contributed by atoms with Crippen molar-refractivity contribution in [3.63, 3.8) is 0 Å². The van der Waals surface area contributed by atoms with Gasteiger partial charge in [-0.25, -0.2) is 4.79 Å². The lowest BCUT2D eigenvalue weighted by Crippen LogP contribution is -2.08. The molecule has 1 fully saturated rings. The third-order valence-electron chi connectivity index (χ3n) is 2.16. The summed E-state index contributed by atoms with van der Waals surface area (Å²) < 4.78 is 0. The van der Waals surface area contributed by atoms with Crippen LogP contribution < -0.4 is 5.32 Å². The molecule has 1 aliphatic rings. The quantitative estimate of drug-likeness (QED) is 0.808. The third kappa shape index (κ3) is 1.82. The minimum atomic E-state index is -0.987. The van der Waals surface area contributed by atoms with Gasteiger partial charge in [0.25, 0.3) is 0 Å². The second-order valence-electron chi connectivity index (χ2n) is 3.39. The molecular formula is C10H10ClNO2. The number of carbonyl (C=O) groups is 1. The molecule has 74 valence electrons. The largest absolute Gasteiger partial charge is 0.478 e. The van der Waals surface area contributed by atoms with Crippen LogP contribution >= 0.6 is 11.6 Å². The molecule has 4 heteroatoms. The average Bonchev–Trinajstić information content (AvgIpc) is 2.87. The van der Waals surface area contributed by atoms with Crippen molar-refractivity contribution in [3.8, 4) is 0 Å². The maximum absolute atomic E-state index is 10.9. The minimum Gasteiger partial charge on any atom is -0.478 e. The van der Waals surface area contributed by atoms with Crippen molar-refractivity contribution < 1.29 is 9.90 Å². The molecule has 0 unspecified atom stereocenters. The third-order valence-corrected chi connectivity index (χ3v) is 2.48. The Labute approximate surface area is 86.7 Å². The van der Waals surface area contributed by atoms with Gasteiger partial charge in [-0.1, -0.05) is 17.7 Å². The van der Waals surface area contributed by atoms with Crippen molar-refractivity contribution in [2.45, 2.75) is 18.9 Å². The fourth-order valence-corrected chi connectivity index (χ4v) is 1.56. The Morgan fingerprint density at radius 2 is 2.21 bits per heavy atom. The molecule has 2 rings (SSSR count). The molecule has 0 aliphatic heterocycles. The molecule has 1 aliphatic carbocycles. The van der Waals surface area contributed by atoms with Crippen LogP contribution in [0, 0.1) is 0 Å². The Morgan fingerprint density at radius 1 is 1.50 bits per heavy atom. The maximum Gasteiger partial charge on any atom is 0.339 e. The van der Waals surface area contributed by atoms with E-state index in [1.807, 2.05) is 0 Å². The van der Waals surface area contributed by atoms with Gasteiger partial charge in [-0.3, -0.25) is 0 Å². The van der Waals surface area contributed by atoms with E-state index in [1.54, 1.807) is 18.2 Å². The van der Waals surface area contributed by atoms with Gasteiger partial charge >= 0.3 is 5.97 Å². The highest BCUT2D eigenvalue weighted by molar-refractivity contribution is 6.34. The summed E-state index contributed by atoms with van der Waals surface area (Å²) in [6.07, 6.45) is 2.21. The van der Waals surface area contributed by atoms with E-state index in [2.05, 4.69) is 5.32 Å². The van der Waals surface area contributed by atoms with Crippen LogP contribution in [0.5, 0.6) is 0 Å². The van der Waals surface area contributed by atoms with Crippen molar-refractivity contribution in [2.24, 2.45) is 0 Å². The summed E-state index contributed by atoms with van der Waals surface area (Å²) in [5.74, 6) is -0.987. The van der Waals surface area contributed by atoms with Crippen molar-refractivity contribution >= 4 is 23.3 Å². The molecule has 1 saturated carbocycles. The normalized spacial score (nSPS) is 15.2. The predicted molar refractivity (Wildman–Crippen MR) is 55.1 cm³/mol. The second kappa shape index (κ2) is 3.50. The highest BCUT2D eigenvalue weighted by Crippen LogP contribution is 2.30. The van der Waals surface area contributed by atoms with Crippen LogP contribution in [0.2, 0.25) is 5.02 Å². The van der Waals surface area contributed by atoms with Crippen LogP contribution in [-0.4, -0.2) is 17.1 Å². The molecule has 1 aromatic carbocycles. The first-order chi connectivity index (χ1) is 6.68. The molecule has 1 aromatic rings. The Kier molecular flexibility index (Phi) is 2.33. The number of hydrogen-bond donors (Lipinski definition) is 2. The number of halogens is 1. The van der Waals surface area contributed by atoms with Crippen molar-refractivity contribution in [1.82, 2.24) is 0 Å². The number of carboxylic acid groups (broad SMARTS) is 1. The first kappa shape index (κ1) is 9.34. The van der Waals surface area contributed by atoms with E-state index in [-0.39, 0.29) is 10.6 Å². The molecule has 0 saturated heterocycles. The van der Waals surface area contributed by atoms with Crippen LogP contribution in [0.15, 0.2) is 18.2 Å². The van der Waals surface area contributed by atoms with Crippen molar-refractivity contribution in [2.75, 3.05) is 5.32 Å². The van der Waals surface area contributed by atoms with Gasteiger partial charge in [0.15, 0.2) is 0 Å². The summed E-state index contributed by atoms with van der Waals surface area (Å²) in [6, 6.07) is 5.50. The fraction of sp³-hybridized carbons (Fsp3) is 0.300. The Morgan fingerprint density at radius 3 is 2.79 bits per heavy atom. The molecule has 0 spiro atoms. The lowest BCUT2D eigenvalue weighted by Gasteiger charge is -2.09. The summed E-state index contributed by atoms with van der Waals surface area (Å²) in [6.45, 7) is 0. The summed E-state index contributed by atoms with van der Waals surface area (Å²) in [5.41, 5.74) is 0.786. The average molecular weight is 212 g/mol. The first-order valence-electron chi connectivity index (χ1n) is 4.47. The number of carboxylic acids is 1. The summed E-state index contributed by atoms with van der Waals surface area (Å²) in [4.78, 5) is 10.9. The molecule has 0 aromatic heterocycles. The highest BCUT2D eigenvalue weighted by atomic mass is 35.5. The van der Waals surface area contributed by atoms with Gasteiger partial charge in [0, 0.05) is 6.04 Å². The number of benzene rings is 1. The molecule has 0 heterocycles. The maximum atomic E-state index is 10.9. The number of anilines is 1. The van der Waals surface area contributed by atoms with Crippen LogP contribution in [-0.2, 0) is 0 Å². The van der Waals surface area contributed by atoms with Gasteiger partial charge in [-0.05, 0) is 25.0 Å². The molecule has 0 radical (unpaired) electrons. The van der Waals surface area contributed by atoms with Gasteiger partial charge < -0.3 is 10.4 Å². The predicted octanol–water partition coefficient (Wildman–Crippen LogP) is 2.61. The summed E-state index contributed by atoms with van der Waals surface area (Å²) in [5, 5.41) is 12.4. The standard InChI is InChI=1S/C10H10ClNO2/c11-7-2-1-3-8(9(7)10(13)14)12-6-4-5-6/h1-3,6,12H,4-5H2,(H,13,14). The zero-order valence-corrected chi connectivity index (χ0v) is 8.21. The second-order valence-corrected chi connectivity index (χ2v) is 3.79. The molecule has 0 amide bonds. The monoisotopic (exact) mass is 211 g/mol. The zero-order chi connectivity index (χ0) is 10.1. The van der Waals surface area contributed by atoms with E-state index < -0.39 is 5.97 Å². The number of rotatable bonds is 3. The Hall–Kier alpha value is -1.22. The SMILES string of the molecule is O=C(O)c1c(Cl)cccc1NC1CC1. The smallest absolute Gasteiger partial charge is 0.339 e. The van der Waals surface area contributed by atoms with Gasteiger partial charge in [-0.2, -0.15) is 0 Å². The van der Waals surface area contributed by atoms with E-state index in [0.29, 0.717) is 11.7 Å². The van der Waals surface area contributed by atoms with Gasteiger partial charge in [-0.15, -0.1) is 0 Å². The minimum absolute atomic E-state index is 0.168. The number of hydrogen-bond acceptors (Lipinski definition) is 2. The van der Waals surface area contributed by atoms with Gasteiger partial charge in [0.05, 0.1) is 10.7 Å². The van der Waals surface area contributed by atoms with Crippen LogP contribution in [0.1, 0.15) is 23.2 Å². The molecule has 3 nitrogen and oxygen atoms in total. The van der Waals surface area contributed by atoms with Crippen LogP contribution in [0.25, 0.3) is 0 Å². The Bertz CT molecular complexity index is 374. The van der Waals surface area contributed by atoms with E-state index in [9.17, 15) is 4.79 Å². The van der Waals surface area contributed by atoms with E-state index in [4.69, 9.17) is 16.7 Å². The van der Waals surface area contributed by atoms with E-state index in [0.717, 1.165) is 12.8 Å². The lowest BCUT2D eigenvalue weighted by atomic mass is 10.2. The Balaban J connectivity index is 2.35.